The summed E-state index contributed by atoms with van der Waals surface area (Å²) in [6, 6.07) is 9.69. The summed E-state index contributed by atoms with van der Waals surface area (Å²) in [5.74, 6) is -0.527. The maximum absolute atomic E-state index is 13.0. The Morgan fingerprint density at radius 1 is 1.10 bits per heavy atom. The number of hydrogen-bond donors (Lipinski definition) is 0. The molecule has 0 unspecified atom stereocenters. The zero-order valence-corrected chi connectivity index (χ0v) is 17.8. The molecule has 0 radical (unpaired) electrons. The summed E-state index contributed by atoms with van der Waals surface area (Å²) in [5.41, 5.74) is 0.208. The lowest BCUT2D eigenvalue weighted by atomic mass is 9.82. The molecule has 0 atom stereocenters. The predicted octanol–water partition coefficient (Wildman–Crippen LogP) is 4.42. The number of carbonyl (C=O) groups excluding carboxylic acids is 3. The minimum Gasteiger partial charge on any atom is -0.484 e. The van der Waals surface area contributed by atoms with Crippen LogP contribution in [0.5, 0.6) is 5.75 Å². The summed E-state index contributed by atoms with van der Waals surface area (Å²) >= 11 is 12.3. The van der Waals surface area contributed by atoms with Crippen LogP contribution in [0.3, 0.4) is 0 Å². The Morgan fingerprint density at radius 2 is 1.77 bits per heavy atom. The average Bonchev–Trinajstić information content (AvgIpc) is 2.74. The van der Waals surface area contributed by atoms with E-state index in [9.17, 15) is 14.4 Å². The van der Waals surface area contributed by atoms with Gasteiger partial charge in [0, 0.05) is 31.0 Å². The van der Waals surface area contributed by atoms with Crippen LogP contribution in [-0.2, 0) is 4.74 Å². The van der Waals surface area contributed by atoms with E-state index in [4.69, 9.17) is 32.7 Å². The highest BCUT2D eigenvalue weighted by atomic mass is 35.5. The molecule has 30 heavy (non-hydrogen) atoms. The quantitative estimate of drug-likeness (QED) is 0.636. The van der Waals surface area contributed by atoms with Gasteiger partial charge in [0.1, 0.15) is 11.4 Å². The van der Waals surface area contributed by atoms with Gasteiger partial charge in [0.25, 0.3) is 5.91 Å². The third-order valence-electron chi connectivity index (χ3n) is 5.63. The number of ketones is 1. The topological polar surface area (TPSA) is 72.9 Å². The Bertz CT molecular complexity index is 1040. The van der Waals surface area contributed by atoms with Gasteiger partial charge in [0.2, 0.25) is 0 Å². The van der Waals surface area contributed by atoms with Crippen molar-refractivity contribution in [3.05, 3.63) is 63.1 Å². The highest BCUT2D eigenvalue weighted by Crippen LogP contribution is 2.44. The number of nitrogens with zero attached hydrogens (tertiary/aromatic N) is 1. The van der Waals surface area contributed by atoms with Crippen molar-refractivity contribution in [1.82, 2.24) is 4.90 Å². The Morgan fingerprint density at radius 3 is 2.43 bits per heavy atom. The summed E-state index contributed by atoms with van der Waals surface area (Å²) in [6.07, 6.45) is 1.16. The number of Topliss-reactive ketones (excluding diaryl/α,β-unsaturated/α-hetero) is 1. The lowest BCUT2D eigenvalue weighted by Gasteiger charge is -2.44. The lowest BCUT2D eigenvalue weighted by molar-refractivity contribution is -0.00575. The molecule has 1 saturated heterocycles. The molecular formula is C22H19Cl2NO5. The van der Waals surface area contributed by atoms with Crippen molar-refractivity contribution >= 4 is 40.9 Å². The number of ether oxygens (including phenoxy) is 2. The Hall–Kier alpha value is -2.57. The number of rotatable bonds is 2. The van der Waals surface area contributed by atoms with Gasteiger partial charge in [-0.1, -0.05) is 35.3 Å². The second-order valence-corrected chi connectivity index (χ2v) is 8.32. The fourth-order valence-electron chi connectivity index (χ4n) is 4.04. The SMILES string of the molecule is COC(=O)c1ccccc1C(=O)N1CCC2(CC1)CC(=O)c1cc(Cl)cc(Cl)c1O2. The van der Waals surface area contributed by atoms with Gasteiger partial charge in [-0.3, -0.25) is 9.59 Å². The zero-order valence-electron chi connectivity index (χ0n) is 16.2. The summed E-state index contributed by atoms with van der Waals surface area (Å²) in [7, 11) is 1.28. The van der Waals surface area contributed by atoms with Crippen LogP contribution in [-0.4, -0.2) is 48.4 Å². The van der Waals surface area contributed by atoms with Crippen LogP contribution in [0.1, 0.15) is 50.3 Å². The van der Waals surface area contributed by atoms with Gasteiger partial charge in [0.15, 0.2) is 5.78 Å². The second kappa shape index (κ2) is 7.93. The Balaban J connectivity index is 1.53. The highest BCUT2D eigenvalue weighted by Gasteiger charge is 2.44. The molecule has 0 N–H and O–H groups in total. The molecule has 2 aromatic rings. The first-order valence-electron chi connectivity index (χ1n) is 9.51. The number of likely N-dealkylation sites (tertiary alicyclic amines) is 1. The maximum atomic E-state index is 13.0. The molecule has 8 heteroatoms. The van der Waals surface area contributed by atoms with E-state index in [1.165, 1.54) is 7.11 Å². The first kappa shape index (κ1) is 20.7. The van der Waals surface area contributed by atoms with Crippen LogP contribution in [0.25, 0.3) is 0 Å². The van der Waals surface area contributed by atoms with Crippen molar-refractivity contribution in [3.8, 4) is 5.75 Å². The van der Waals surface area contributed by atoms with Gasteiger partial charge in [-0.05, 0) is 24.3 Å². The summed E-state index contributed by atoms with van der Waals surface area (Å²) in [5, 5.41) is 0.687. The van der Waals surface area contributed by atoms with Gasteiger partial charge >= 0.3 is 5.97 Å². The third kappa shape index (κ3) is 3.66. The van der Waals surface area contributed by atoms with Gasteiger partial charge in [-0.25, -0.2) is 4.79 Å². The number of piperidine rings is 1. The number of amides is 1. The van der Waals surface area contributed by atoms with Crippen molar-refractivity contribution in [1.29, 1.82) is 0 Å². The van der Waals surface area contributed by atoms with Crippen molar-refractivity contribution in [3.63, 3.8) is 0 Å². The Kier molecular flexibility index (Phi) is 5.47. The van der Waals surface area contributed by atoms with Crippen LogP contribution in [0.4, 0.5) is 0 Å². The largest absolute Gasteiger partial charge is 0.484 e. The molecule has 0 aromatic heterocycles. The summed E-state index contributed by atoms with van der Waals surface area (Å²) in [4.78, 5) is 39.4. The van der Waals surface area contributed by atoms with E-state index in [0.717, 1.165) is 0 Å². The first-order chi connectivity index (χ1) is 14.3. The number of hydrogen-bond acceptors (Lipinski definition) is 5. The van der Waals surface area contributed by atoms with Gasteiger partial charge < -0.3 is 14.4 Å². The molecule has 1 amide bonds. The standard InChI is InChI=1S/C22H19Cl2NO5/c1-29-21(28)15-5-3-2-4-14(15)20(27)25-8-6-22(7-9-25)12-18(26)16-10-13(23)11-17(24)19(16)30-22/h2-5,10-11H,6-9,12H2,1H3. The highest BCUT2D eigenvalue weighted by molar-refractivity contribution is 6.36. The van der Waals surface area contributed by atoms with Gasteiger partial charge in [-0.2, -0.15) is 0 Å². The van der Waals surface area contributed by atoms with E-state index in [0.29, 0.717) is 52.9 Å². The van der Waals surface area contributed by atoms with Crippen LogP contribution >= 0.6 is 23.2 Å². The minimum absolute atomic E-state index is 0.0727. The molecular weight excluding hydrogens is 429 g/mol. The van der Waals surface area contributed by atoms with Crippen LogP contribution < -0.4 is 4.74 Å². The molecule has 4 rings (SSSR count). The zero-order chi connectivity index (χ0) is 21.5. The molecule has 2 aliphatic heterocycles. The molecule has 0 saturated carbocycles. The van der Waals surface area contributed by atoms with Gasteiger partial charge in [-0.15, -0.1) is 0 Å². The van der Waals surface area contributed by atoms with E-state index in [2.05, 4.69) is 0 Å². The monoisotopic (exact) mass is 447 g/mol. The van der Waals surface area contributed by atoms with Crippen molar-refractivity contribution in [2.45, 2.75) is 24.9 Å². The van der Waals surface area contributed by atoms with E-state index < -0.39 is 11.6 Å². The summed E-state index contributed by atoms with van der Waals surface area (Å²) in [6.45, 7) is 0.782. The molecule has 0 aliphatic carbocycles. The fourth-order valence-corrected chi connectivity index (χ4v) is 4.57. The first-order valence-corrected chi connectivity index (χ1v) is 10.3. The molecule has 156 valence electrons. The van der Waals surface area contributed by atoms with E-state index >= 15 is 0 Å². The number of carbonyl (C=O) groups is 3. The van der Waals surface area contributed by atoms with E-state index in [1.807, 2.05) is 0 Å². The average molecular weight is 448 g/mol. The lowest BCUT2D eigenvalue weighted by Crippen LogP contribution is -2.52. The number of methoxy groups -OCH3 is 1. The minimum atomic E-state index is -0.708. The predicted molar refractivity (Wildman–Crippen MR) is 112 cm³/mol. The molecule has 0 bridgehead atoms. The van der Waals surface area contributed by atoms with Crippen molar-refractivity contribution in [2.24, 2.45) is 0 Å². The van der Waals surface area contributed by atoms with Crippen LogP contribution in [0.15, 0.2) is 36.4 Å². The molecule has 2 aliphatic rings. The van der Waals surface area contributed by atoms with Crippen molar-refractivity contribution < 1.29 is 23.9 Å². The van der Waals surface area contributed by atoms with Crippen LogP contribution in [0.2, 0.25) is 10.0 Å². The third-order valence-corrected chi connectivity index (χ3v) is 6.13. The molecule has 6 nitrogen and oxygen atoms in total. The van der Waals surface area contributed by atoms with Gasteiger partial charge in [0.05, 0.1) is 35.2 Å². The molecule has 2 aromatic carbocycles. The normalized spacial score (nSPS) is 17.3. The van der Waals surface area contributed by atoms with Crippen molar-refractivity contribution in [2.75, 3.05) is 20.2 Å². The second-order valence-electron chi connectivity index (χ2n) is 7.48. The molecule has 2 heterocycles. The number of benzene rings is 2. The van der Waals surface area contributed by atoms with E-state index in [-0.39, 0.29) is 23.7 Å². The smallest absolute Gasteiger partial charge is 0.338 e. The summed E-state index contributed by atoms with van der Waals surface area (Å²) < 4.78 is 11.0. The number of fused-ring (bicyclic) bond motifs is 1. The molecule has 1 fully saturated rings. The van der Waals surface area contributed by atoms with Crippen LogP contribution in [0, 0.1) is 0 Å². The van der Waals surface area contributed by atoms with E-state index in [1.54, 1.807) is 41.3 Å². The number of esters is 1. The number of halogens is 2. The molecule has 1 spiro atoms. The maximum Gasteiger partial charge on any atom is 0.338 e. The Labute approximate surface area is 183 Å². The fraction of sp³-hybridized carbons (Fsp3) is 0.318.